The number of carbonyl (C=O) groups is 2. The van der Waals surface area contributed by atoms with Crippen molar-refractivity contribution in [2.75, 3.05) is 25.5 Å². The molecule has 3 N–H and O–H groups in total. The van der Waals surface area contributed by atoms with Crippen LogP contribution in [0.25, 0.3) is 0 Å². The maximum absolute atomic E-state index is 13.4. The van der Waals surface area contributed by atoms with E-state index in [9.17, 15) is 18.0 Å². The highest BCUT2D eigenvalue weighted by atomic mass is 32.2. The monoisotopic (exact) mass is 484 g/mol. The van der Waals surface area contributed by atoms with Crippen LogP contribution in [0.5, 0.6) is 0 Å². The number of nitrogens with one attached hydrogen (secondary N) is 3. The van der Waals surface area contributed by atoms with Gasteiger partial charge in [-0.15, -0.1) is 0 Å². The Hall–Kier alpha value is -2.91. The third-order valence-electron chi connectivity index (χ3n) is 6.74. The van der Waals surface area contributed by atoms with Crippen molar-refractivity contribution in [3.63, 3.8) is 0 Å². The SMILES string of the molecule is CNC(=O)N1CCC(NS(=O)(=O)c2ccc(NC(=O)c3ccccc3C)c3c2CCCC3)CC1. The Morgan fingerprint density at radius 3 is 2.32 bits per heavy atom. The number of hydrogen-bond donors (Lipinski definition) is 3. The lowest BCUT2D eigenvalue weighted by molar-refractivity contribution is 0.102. The first-order valence-electron chi connectivity index (χ1n) is 11.8. The molecule has 3 amide bonds. The molecule has 1 aliphatic carbocycles. The number of amides is 3. The van der Waals surface area contributed by atoms with Gasteiger partial charge in [0.15, 0.2) is 0 Å². The van der Waals surface area contributed by atoms with Gasteiger partial charge in [0, 0.05) is 37.4 Å². The van der Waals surface area contributed by atoms with E-state index in [1.165, 1.54) is 0 Å². The number of rotatable bonds is 5. The Balaban J connectivity index is 1.54. The van der Waals surface area contributed by atoms with Crippen molar-refractivity contribution in [2.24, 2.45) is 0 Å². The number of aryl methyl sites for hydroxylation is 1. The Morgan fingerprint density at radius 2 is 1.65 bits per heavy atom. The van der Waals surface area contributed by atoms with Crippen LogP contribution >= 0.6 is 0 Å². The molecule has 1 fully saturated rings. The van der Waals surface area contributed by atoms with E-state index in [2.05, 4.69) is 15.4 Å². The molecule has 0 atom stereocenters. The summed E-state index contributed by atoms with van der Waals surface area (Å²) in [7, 11) is -2.14. The molecular formula is C25H32N4O4S. The highest BCUT2D eigenvalue weighted by Crippen LogP contribution is 2.33. The smallest absolute Gasteiger partial charge is 0.317 e. The number of nitrogens with zero attached hydrogens (tertiary/aromatic N) is 1. The molecular weight excluding hydrogens is 452 g/mol. The maximum atomic E-state index is 13.4. The lowest BCUT2D eigenvalue weighted by atomic mass is 9.90. The molecule has 0 spiro atoms. The average molecular weight is 485 g/mol. The quantitative estimate of drug-likeness (QED) is 0.606. The zero-order valence-corrected chi connectivity index (χ0v) is 20.5. The predicted octanol–water partition coefficient (Wildman–Crippen LogP) is 3.21. The second kappa shape index (κ2) is 10.1. The van der Waals surface area contributed by atoms with Crippen molar-refractivity contribution in [2.45, 2.75) is 56.4 Å². The summed E-state index contributed by atoms with van der Waals surface area (Å²) in [4.78, 5) is 26.7. The third kappa shape index (κ3) is 5.10. The van der Waals surface area contributed by atoms with E-state index in [1.807, 2.05) is 25.1 Å². The number of hydrogen-bond acceptors (Lipinski definition) is 4. The largest absolute Gasteiger partial charge is 0.341 e. The molecule has 0 unspecified atom stereocenters. The predicted molar refractivity (Wildman–Crippen MR) is 132 cm³/mol. The Labute approximate surface area is 201 Å². The van der Waals surface area contributed by atoms with Crippen LogP contribution in [0.1, 0.15) is 52.7 Å². The molecule has 4 rings (SSSR count). The van der Waals surface area contributed by atoms with Gasteiger partial charge in [-0.1, -0.05) is 18.2 Å². The van der Waals surface area contributed by atoms with Crippen molar-refractivity contribution in [3.05, 3.63) is 58.7 Å². The fraction of sp³-hybridized carbons (Fsp3) is 0.440. The molecule has 0 bridgehead atoms. The molecule has 0 saturated carbocycles. The summed E-state index contributed by atoms with van der Waals surface area (Å²) >= 11 is 0. The van der Waals surface area contributed by atoms with Crippen molar-refractivity contribution in [1.82, 2.24) is 14.9 Å². The zero-order valence-electron chi connectivity index (χ0n) is 19.7. The average Bonchev–Trinajstić information content (AvgIpc) is 2.84. The number of sulfonamides is 1. The first-order chi connectivity index (χ1) is 16.3. The highest BCUT2D eigenvalue weighted by molar-refractivity contribution is 7.89. The van der Waals surface area contributed by atoms with Gasteiger partial charge in [0.25, 0.3) is 5.91 Å². The van der Waals surface area contributed by atoms with Crippen molar-refractivity contribution in [3.8, 4) is 0 Å². The van der Waals surface area contributed by atoms with Crippen LogP contribution in [0, 0.1) is 6.92 Å². The Kier molecular flexibility index (Phi) is 7.23. The molecule has 34 heavy (non-hydrogen) atoms. The minimum absolute atomic E-state index is 0.140. The molecule has 0 aromatic heterocycles. The third-order valence-corrected chi connectivity index (χ3v) is 8.34. The molecule has 8 nitrogen and oxygen atoms in total. The first-order valence-corrected chi connectivity index (χ1v) is 13.3. The van der Waals surface area contributed by atoms with Crippen LogP contribution in [0.2, 0.25) is 0 Å². The Morgan fingerprint density at radius 1 is 0.971 bits per heavy atom. The number of likely N-dealkylation sites (tertiary alicyclic amines) is 1. The minimum atomic E-state index is -3.73. The summed E-state index contributed by atoms with van der Waals surface area (Å²) in [5.74, 6) is -0.192. The lowest BCUT2D eigenvalue weighted by Gasteiger charge is -2.32. The van der Waals surface area contributed by atoms with Crippen LogP contribution in [0.15, 0.2) is 41.3 Å². The van der Waals surface area contributed by atoms with E-state index in [0.717, 1.165) is 36.0 Å². The number of fused-ring (bicyclic) bond motifs is 1. The van der Waals surface area contributed by atoms with Gasteiger partial charge in [-0.3, -0.25) is 4.79 Å². The fourth-order valence-corrected chi connectivity index (χ4v) is 6.46. The standard InChI is InChI=1S/C25H32N4O4S/c1-17-7-3-4-8-19(17)24(30)27-22-11-12-23(21-10-6-5-9-20(21)22)34(32,33)28-18-13-15-29(16-14-18)25(31)26-2/h3-4,7-8,11-12,18,28H,5-6,9-10,13-16H2,1-2H3,(H,26,31)(H,27,30). The maximum Gasteiger partial charge on any atom is 0.317 e. The van der Waals surface area contributed by atoms with Crippen LogP contribution in [-0.2, 0) is 22.9 Å². The topological polar surface area (TPSA) is 108 Å². The highest BCUT2D eigenvalue weighted by Gasteiger charge is 2.30. The molecule has 0 radical (unpaired) electrons. The molecule has 2 aliphatic rings. The van der Waals surface area contributed by atoms with Gasteiger partial charge in [0.05, 0.1) is 4.90 Å². The van der Waals surface area contributed by atoms with Gasteiger partial charge in [0.1, 0.15) is 0 Å². The number of piperidine rings is 1. The molecule has 1 aliphatic heterocycles. The molecule has 1 heterocycles. The van der Waals surface area contributed by atoms with Crippen LogP contribution < -0.4 is 15.4 Å². The van der Waals surface area contributed by atoms with Gasteiger partial charge in [-0.25, -0.2) is 17.9 Å². The van der Waals surface area contributed by atoms with E-state index in [1.54, 1.807) is 30.1 Å². The second-order valence-corrected chi connectivity index (χ2v) is 10.7. The zero-order chi connectivity index (χ0) is 24.3. The minimum Gasteiger partial charge on any atom is -0.341 e. The summed E-state index contributed by atoms with van der Waals surface area (Å²) < 4.78 is 29.6. The van der Waals surface area contributed by atoms with E-state index >= 15 is 0 Å². The number of urea groups is 1. The number of carbonyl (C=O) groups excluding carboxylic acids is 2. The number of anilines is 1. The van der Waals surface area contributed by atoms with Gasteiger partial charge in [0.2, 0.25) is 10.0 Å². The van der Waals surface area contributed by atoms with Crippen LogP contribution in [0.4, 0.5) is 10.5 Å². The summed E-state index contributed by atoms with van der Waals surface area (Å²) in [6.45, 7) is 2.91. The van der Waals surface area contributed by atoms with Crippen molar-refractivity contribution in [1.29, 1.82) is 0 Å². The van der Waals surface area contributed by atoms with Crippen LogP contribution in [0.3, 0.4) is 0 Å². The van der Waals surface area contributed by atoms with Crippen molar-refractivity contribution < 1.29 is 18.0 Å². The second-order valence-electron chi connectivity index (χ2n) is 8.98. The first kappa shape index (κ1) is 24.2. The molecule has 2 aromatic carbocycles. The molecule has 2 aromatic rings. The number of benzene rings is 2. The van der Waals surface area contributed by atoms with E-state index in [-0.39, 0.29) is 18.0 Å². The van der Waals surface area contributed by atoms with Gasteiger partial charge < -0.3 is 15.5 Å². The Bertz CT molecular complexity index is 1190. The summed E-state index contributed by atoms with van der Waals surface area (Å²) in [5.41, 5.74) is 3.88. The molecule has 182 valence electrons. The van der Waals surface area contributed by atoms with Crippen molar-refractivity contribution >= 4 is 27.6 Å². The molecule has 9 heteroatoms. The fourth-order valence-electron chi connectivity index (χ4n) is 4.86. The molecule has 1 saturated heterocycles. The van der Waals surface area contributed by atoms with Gasteiger partial charge >= 0.3 is 6.03 Å². The van der Waals surface area contributed by atoms with E-state index in [4.69, 9.17) is 0 Å². The van der Waals surface area contributed by atoms with Gasteiger partial charge in [-0.2, -0.15) is 0 Å². The normalized spacial score (nSPS) is 16.6. The summed E-state index contributed by atoms with van der Waals surface area (Å²) in [6.07, 6.45) is 4.39. The van der Waals surface area contributed by atoms with Crippen LogP contribution in [-0.4, -0.2) is 51.4 Å². The summed E-state index contributed by atoms with van der Waals surface area (Å²) in [6, 6.07) is 10.4. The van der Waals surface area contributed by atoms with E-state index in [0.29, 0.717) is 48.5 Å². The van der Waals surface area contributed by atoms with Gasteiger partial charge in [-0.05, 0) is 80.3 Å². The van der Waals surface area contributed by atoms with E-state index < -0.39 is 10.0 Å². The summed E-state index contributed by atoms with van der Waals surface area (Å²) in [5, 5.41) is 5.62. The lowest BCUT2D eigenvalue weighted by Crippen LogP contribution is -2.48.